The molecule has 1 atom stereocenters. The minimum absolute atomic E-state index is 0.0197. The molecule has 1 aromatic rings. The summed E-state index contributed by atoms with van der Waals surface area (Å²) >= 11 is 0. The second kappa shape index (κ2) is 5.26. The average Bonchev–Trinajstić information content (AvgIpc) is 2.28. The fourth-order valence-electron chi connectivity index (χ4n) is 1.27. The standard InChI is InChI=1S/C12H13FN2O/c1-3-9(7-14)15-12(16)10-6-8(2)4-5-11(10)13/h4-6,9H,3H2,1-2H3,(H,15,16). The molecule has 1 aromatic carbocycles. The van der Waals surface area contributed by atoms with E-state index in [-0.39, 0.29) is 5.56 Å². The third-order valence-electron chi connectivity index (χ3n) is 2.24. The first kappa shape index (κ1) is 12.2. The highest BCUT2D eigenvalue weighted by atomic mass is 19.1. The van der Waals surface area contributed by atoms with Crippen LogP contribution in [0.5, 0.6) is 0 Å². The SMILES string of the molecule is CCC(C#N)NC(=O)c1cc(C)ccc1F. The monoisotopic (exact) mass is 220 g/mol. The first-order valence-corrected chi connectivity index (χ1v) is 5.05. The summed E-state index contributed by atoms with van der Waals surface area (Å²) in [6.07, 6.45) is 0.496. The number of nitrogens with one attached hydrogen (secondary N) is 1. The van der Waals surface area contributed by atoms with Crippen molar-refractivity contribution in [3.8, 4) is 6.07 Å². The summed E-state index contributed by atoms with van der Waals surface area (Å²) in [6.45, 7) is 3.55. The Kier molecular flexibility index (Phi) is 4.01. The second-order valence-electron chi connectivity index (χ2n) is 3.55. The molecule has 0 fully saturated rings. The Bertz CT molecular complexity index is 437. The molecule has 84 valence electrons. The Morgan fingerprint density at radius 1 is 1.62 bits per heavy atom. The molecule has 1 unspecified atom stereocenters. The molecule has 1 N–H and O–H groups in total. The number of carbonyl (C=O) groups is 1. The lowest BCUT2D eigenvalue weighted by molar-refractivity contribution is 0.0940. The first-order chi connectivity index (χ1) is 7.58. The van der Waals surface area contributed by atoms with Crippen LogP contribution in [-0.2, 0) is 0 Å². The molecule has 0 saturated heterocycles. The number of benzene rings is 1. The van der Waals surface area contributed by atoms with E-state index in [2.05, 4.69) is 5.32 Å². The predicted octanol–water partition coefficient (Wildman–Crippen LogP) is 2.17. The molecule has 0 aromatic heterocycles. The smallest absolute Gasteiger partial charge is 0.255 e. The van der Waals surface area contributed by atoms with Crippen molar-refractivity contribution in [1.29, 1.82) is 5.26 Å². The van der Waals surface area contributed by atoms with E-state index in [1.54, 1.807) is 19.9 Å². The number of nitriles is 1. The van der Waals surface area contributed by atoms with Gasteiger partial charge < -0.3 is 5.32 Å². The Morgan fingerprint density at radius 3 is 2.88 bits per heavy atom. The molecule has 0 radical (unpaired) electrons. The Labute approximate surface area is 93.9 Å². The van der Waals surface area contributed by atoms with Crippen molar-refractivity contribution >= 4 is 5.91 Å². The van der Waals surface area contributed by atoms with E-state index in [0.29, 0.717) is 6.42 Å². The first-order valence-electron chi connectivity index (χ1n) is 5.05. The summed E-state index contributed by atoms with van der Waals surface area (Å²) in [6, 6.07) is 5.66. The highest BCUT2D eigenvalue weighted by Crippen LogP contribution is 2.10. The maximum Gasteiger partial charge on any atom is 0.255 e. The van der Waals surface area contributed by atoms with E-state index in [1.165, 1.54) is 12.1 Å². The molecule has 4 heteroatoms. The van der Waals surface area contributed by atoms with Crippen molar-refractivity contribution in [2.75, 3.05) is 0 Å². The van der Waals surface area contributed by atoms with E-state index >= 15 is 0 Å². The van der Waals surface area contributed by atoms with Crippen molar-refractivity contribution in [3.63, 3.8) is 0 Å². The van der Waals surface area contributed by atoms with Gasteiger partial charge >= 0.3 is 0 Å². The highest BCUT2D eigenvalue weighted by Gasteiger charge is 2.15. The van der Waals surface area contributed by atoms with Gasteiger partial charge in [-0.1, -0.05) is 18.6 Å². The topological polar surface area (TPSA) is 52.9 Å². The molecule has 0 aliphatic rings. The van der Waals surface area contributed by atoms with Gasteiger partial charge in [-0.3, -0.25) is 4.79 Å². The molecule has 16 heavy (non-hydrogen) atoms. The third-order valence-corrected chi connectivity index (χ3v) is 2.24. The zero-order valence-corrected chi connectivity index (χ0v) is 9.25. The van der Waals surface area contributed by atoms with Crippen LogP contribution in [0.1, 0.15) is 29.3 Å². The van der Waals surface area contributed by atoms with E-state index in [0.717, 1.165) is 5.56 Å². The molecule has 0 aliphatic carbocycles. The van der Waals surface area contributed by atoms with Crippen LogP contribution in [-0.4, -0.2) is 11.9 Å². The van der Waals surface area contributed by atoms with Crippen LogP contribution in [0.25, 0.3) is 0 Å². The molecular weight excluding hydrogens is 207 g/mol. The van der Waals surface area contributed by atoms with Crippen LogP contribution in [0.3, 0.4) is 0 Å². The number of hydrogen-bond acceptors (Lipinski definition) is 2. The van der Waals surface area contributed by atoms with Crippen LogP contribution < -0.4 is 5.32 Å². The van der Waals surface area contributed by atoms with Crippen molar-refractivity contribution in [1.82, 2.24) is 5.32 Å². The Balaban J connectivity index is 2.89. The van der Waals surface area contributed by atoms with Crippen molar-refractivity contribution < 1.29 is 9.18 Å². The molecule has 0 bridgehead atoms. The van der Waals surface area contributed by atoms with Crippen LogP contribution >= 0.6 is 0 Å². The molecule has 0 spiro atoms. The number of hydrogen-bond donors (Lipinski definition) is 1. The van der Waals surface area contributed by atoms with E-state index < -0.39 is 17.8 Å². The zero-order chi connectivity index (χ0) is 12.1. The fourth-order valence-corrected chi connectivity index (χ4v) is 1.27. The van der Waals surface area contributed by atoms with Crippen LogP contribution in [0.4, 0.5) is 4.39 Å². The van der Waals surface area contributed by atoms with Crippen LogP contribution in [0.15, 0.2) is 18.2 Å². The quantitative estimate of drug-likeness (QED) is 0.848. The summed E-state index contributed by atoms with van der Waals surface area (Å²) in [5.41, 5.74) is 0.783. The van der Waals surface area contributed by atoms with Crippen molar-refractivity contribution in [2.24, 2.45) is 0 Å². The highest BCUT2D eigenvalue weighted by molar-refractivity contribution is 5.95. The van der Waals surface area contributed by atoms with Gasteiger partial charge in [-0.2, -0.15) is 5.26 Å². The summed E-state index contributed by atoms with van der Waals surface area (Å²) in [5.74, 6) is -1.12. The number of nitrogens with zero attached hydrogens (tertiary/aromatic N) is 1. The Hall–Kier alpha value is -1.89. The zero-order valence-electron chi connectivity index (χ0n) is 9.25. The Morgan fingerprint density at radius 2 is 2.31 bits per heavy atom. The van der Waals surface area contributed by atoms with Gasteiger partial charge in [0.2, 0.25) is 0 Å². The minimum atomic E-state index is -0.576. The van der Waals surface area contributed by atoms with Gasteiger partial charge in [0.25, 0.3) is 5.91 Å². The van der Waals surface area contributed by atoms with E-state index in [9.17, 15) is 9.18 Å². The lowest BCUT2D eigenvalue weighted by atomic mass is 10.1. The number of amides is 1. The minimum Gasteiger partial charge on any atom is -0.336 e. The van der Waals surface area contributed by atoms with Gasteiger partial charge in [0, 0.05) is 0 Å². The average molecular weight is 220 g/mol. The predicted molar refractivity (Wildman–Crippen MR) is 58.3 cm³/mol. The largest absolute Gasteiger partial charge is 0.336 e. The van der Waals surface area contributed by atoms with Crippen LogP contribution in [0, 0.1) is 24.1 Å². The molecule has 3 nitrogen and oxygen atoms in total. The number of carbonyl (C=O) groups excluding carboxylic acids is 1. The van der Waals surface area contributed by atoms with Gasteiger partial charge in [0.1, 0.15) is 11.9 Å². The van der Waals surface area contributed by atoms with Gasteiger partial charge in [-0.25, -0.2) is 4.39 Å². The molecule has 1 rings (SSSR count). The van der Waals surface area contributed by atoms with Crippen molar-refractivity contribution in [2.45, 2.75) is 26.3 Å². The fraction of sp³-hybridized carbons (Fsp3) is 0.333. The maximum absolute atomic E-state index is 13.3. The van der Waals surface area contributed by atoms with Crippen LogP contribution in [0.2, 0.25) is 0 Å². The number of rotatable bonds is 3. The second-order valence-corrected chi connectivity index (χ2v) is 3.55. The van der Waals surface area contributed by atoms with Crippen molar-refractivity contribution in [3.05, 3.63) is 35.1 Å². The lowest BCUT2D eigenvalue weighted by Gasteiger charge is -2.10. The normalized spacial score (nSPS) is 11.6. The summed E-state index contributed by atoms with van der Waals surface area (Å²) in [7, 11) is 0. The third kappa shape index (κ3) is 2.80. The van der Waals surface area contributed by atoms with Gasteiger partial charge in [0.15, 0.2) is 0 Å². The maximum atomic E-state index is 13.3. The summed E-state index contributed by atoms with van der Waals surface area (Å²) in [5, 5.41) is 11.1. The summed E-state index contributed by atoms with van der Waals surface area (Å²) < 4.78 is 13.3. The molecular formula is C12H13FN2O. The van der Waals surface area contributed by atoms with Gasteiger partial charge in [-0.05, 0) is 25.5 Å². The molecule has 1 amide bonds. The number of aryl methyl sites for hydroxylation is 1. The lowest BCUT2D eigenvalue weighted by Crippen LogP contribution is -2.33. The van der Waals surface area contributed by atoms with E-state index in [1.807, 2.05) is 6.07 Å². The van der Waals surface area contributed by atoms with E-state index in [4.69, 9.17) is 5.26 Å². The molecule has 0 saturated carbocycles. The summed E-state index contributed by atoms with van der Waals surface area (Å²) in [4.78, 5) is 11.6. The van der Waals surface area contributed by atoms with Gasteiger partial charge in [0.05, 0.1) is 11.6 Å². The molecule has 0 heterocycles. The number of halogens is 1. The molecule has 0 aliphatic heterocycles. The van der Waals surface area contributed by atoms with Gasteiger partial charge in [-0.15, -0.1) is 0 Å².